The van der Waals surface area contributed by atoms with Crippen molar-refractivity contribution in [1.29, 1.82) is 0 Å². The molecule has 2 atom stereocenters. The van der Waals surface area contributed by atoms with Crippen molar-refractivity contribution in [3.63, 3.8) is 0 Å². The lowest BCUT2D eigenvalue weighted by Gasteiger charge is -2.35. The Kier molecular flexibility index (Phi) is 3.95. The molecule has 0 spiro atoms. The number of rotatable bonds is 3. The summed E-state index contributed by atoms with van der Waals surface area (Å²) >= 11 is 0. The van der Waals surface area contributed by atoms with Gasteiger partial charge < -0.3 is 4.74 Å². The summed E-state index contributed by atoms with van der Waals surface area (Å²) in [6, 6.07) is 10.3. The number of hydrogen-bond acceptors (Lipinski definition) is 3. The van der Waals surface area contributed by atoms with Gasteiger partial charge in [-0.1, -0.05) is 44.2 Å². The molecule has 1 aromatic rings. The van der Waals surface area contributed by atoms with Crippen LogP contribution in [0.25, 0.3) is 0 Å². The molecule has 1 aliphatic rings. The zero-order chi connectivity index (χ0) is 14.0. The normalized spacial score (nSPS) is 27.7. The maximum atomic E-state index is 12.1. The first-order valence-corrected chi connectivity index (χ1v) is 6.96. The van der Waals surface area contributed by atoms with E-state index < -0.39 is 5.60 Å². The Balaban J connectivity index is 2.37. The fourth-order valence-electron chi connectivity index (χ4n) is 2.70. The molecular formula is C16H23NO2. The molecule has 0 unspecified atom stereocenters. The Morgan fingerprint density at radius 3 is 2.47 bits per heavy atom. The van der Waals surface area contributed by atoms with Gasteiger partial charge in [-0.2, -0.15) is 0 Å². The van der Waals surface area contributed by atoms with Crippen LogP contribution in [0, 0.1) is 5.92 Å². The van der Waals surface area contributed by atoms with Crippen molar-refractivity contribution < 1.29 is 9.53 Å². The standard InChI is InChI=1S/C16H23NO2/c1-12(2)15(18)19-16(10-11-17(4)13(16)3)14-8-6-5-7-9-14/h5-9,12-13H,10-11H2,1-4H3/t13-,16-/m1/s1. The topological polar surface area (TPSA) is 29.5 Å². The number of hydrogen-bond donors (Lipinski definition) is 0. The van der Waals surface area contributed by atoms with Gasteiger partial charge in [0.05, 0.1) is 12.0 Å². The molecular weight excluding hydrogens is 238 g/mol. The van der Waals surface area contributed by atoms with Crippen molar-refractivity contribution in [1.82, 2.24) is 4.90 Å². The van der Waals surface area contributed by atoms with Gasteiger partial charge >= 0.3 is 5.97 Å². The van der Waals surface area contributed by atoms with Crippen molar-refractivity contribution in [2.75, 3.05) is 13.6 Å². The number of likely N-dealkylation sites (N-methyl/N-ethyl adjacent to an activating group) is 1. The highest BCUT2D eigenvalue weighted by molar-refractivity contribution is 5.72. The highest BCUT2D eigenvalue weighted by Gasteiger charge is 2.48. The van der Waals surface area contributed by atoms with Crippen LogP contribution in [0.2, 0.25) is 0 Å². The first-order chi connectivity index (χ1) is 8.97. The average molecular weight is 261 g/mol. The predicted molar refractivity (Wildman–Crippen MR) is 75.8 cm³/mol. The van der Waals surface area contributed by atoms with Crippen molar-refractivity contribution in [2.24, 2.45) is 5.92 Å². The monoisotopic (exact) mass is 261 g/mol. The van der Waals surface area contributed by atoms with Gasteiger partial charge in [-0.25, -0.2) is 0 Å². The predicted octanol–water partition coefficient (Wildman–Crippen LogP) is 2.81. The van der Waals surface area contributed by atoms with E-state index in [1.54, 1.807) is 0 Å². The van der Waals surface area contributed by atoms with E-state index in [-0.39, 0.29) is 17.9 Å². The van der Waals surface area contributed by atoms with Crippen molar-refractivity contribution in [3.8, 4) is 0 Å². The second-order valence-electron chi connectivity index (χ2n) is 5.74. The lowest BCUT2D eigenvalue weighted by molar-refractivity contribution is -0.167. The molecule has 1 saturated heterocycles. The van der Waals surface area contributed by atoms with E-state index in [9.17, 15) is 4.79 Å². The Bertz CT molecular complexity index is 443. The van der Waals surface area contributed by atoms with E-state index in [0.717, 1.165) is 18.5 Å². The molecule has 0 bridgehead atoms. The van der Waals surface area contributed by atoms with Crippen LogP contribution in [-0.2, 0) is 15.1 Å². The lowest BCUT2D eigenvalue weighted by Crippen LogP contribution is -2.43. The highest BCUT2D eigenvalue weighted by Crippen LogP contribution is 2.41. The summed E-state index contributed by atoms with van der Waals surface area (Å²) in [5, 5.41) is 0. The van der Waals surface area contributed by atoms with Crippen LogP contribution in [0.3, 0.4) is 0 Å². The smallest absolute Gasteiger partial charge is 0.309 e. The first-order valence-electron chi connectivity index (χ1n) is 6.96. The quantitative estimate of drug-likeness (QED) is 0.784. The van der Waals surface area contributed by atoms with Crippen LogP contribution in [0.5, 0.6) is 0 Å². The first kappa shape index (κ1) is 14.1. The van der Waals surface area contributed by atoms with E-state index >= 15 is 0 Å². The average Bonchev–Trinajstić information content (AvgIpc) is 2.69. The third kappa shape index (κ3) is 2.52. The molecule has 1 fully saturated rings. The molecule has 19 heavy (non-hydrogen) atoms. The van der Waals surface area contributed by atoms with E-state index in [4.69, 9.17) is 4.74 Å². The highest BCUT2D eigenvalue weighted by atomic mass is 16.6. The summed E-state index contributed by atoms with van der Waals surface area (Å²) in [6.45, 7) is 6.84. The molecule has 0 aliphatic carbocycles. The Morgan fingerprint density at radius 1 is 1.37 bits per heavy atom. The number of nitrogens with zero attached hydrogens (tertiary/aromatic N) is 1. The molecule has 0 amide bonds. The van der Waals surface area contributed by atoms with Crippen LogP contribution < -0.4 is 0 Å². The van der Waals surface area contributed by atoms with Gasteiger partial charge in [0.25, 0.3) is 0 Å². The minimum Gasteiger partial charge on any atom is -0.452 e. The molecule has 2 rings (SSSR count). The number of carbonyl (C=O) groups excluding carboxylic acids is 1. The third-order valence-corrected chi connectivity index (χ3v) is 4.19. The zero-order valence-electron chi connectivity index (χ0n) is 12.2. The summed E-state index contributed by atoms with van der Waals surface area (Å²) in [7, 11) is 2.08. The molecule has 104 valence electrons. The second kappa shape index (κ2) is 5.33. The SMILES string of the molecule is CC(C)C(=O)O[C@]1(c2ccccc2)CCN(C)[C@@H]1C. The number of carbonyl (C=O) groups is 1. The van der Waals surface area contributed by atoms with Crippen molar-refractivity contribution in [3.05, 3.63) is 35.9 Å². The van der Waals surface area contributed by atoms with Crippen LogP contribution in [-0.4, -0.2) is 30.5 Å². The summed E-state index contributed by atoms with van der Waals surface area (Å²) in [5.74, 6) is -0.218. The molecule has 1 aliphatic heterocycles. The van der Waals surface area contributed by atoms with Crippen LogP contribution in [0.1, 0.15) is 32.8 Å². The van der Waals surface area contributed by atoms with Gasteiger partial charge in [0.1, 0.15) is 0 Å². The Morgan fingerprint density at radius 2 is 2.00 bits per heavy atom. The number of ether oxygens (including phenoxy) is 1. The fraction of sp³-hybridized carbons (Fsp3) is 0.562. The summed E-state index contributed by atoms with van der Waals surface area (Å²) < 4.78 is 5.95. The second-order valence-corrected chi connectivity index (χ2v) is 5.74. The molecule has 0 aromatic heterocycles. The van der Waals surface area contributed by atoms with Crippen LogP contribution in [0.4, 0.5) is 0 Å². The Labute approximate surface area is 115 Å². The van der Waals surface area contributed by atoms with Crippen LogP contribution in [0.15, 0.2) is 30.3 Å². The molecule has 3 heteroatoms. The maximum absolute atomic E-state index is 12.1. The van der Waals surface area contributed by atoms with Crippen molar-refractivity contribution >= 4 is 5.97 Å². The third-order valence-electron chi connectivity index (χ3n) is 4.19. The number of esters is 1. The van der Waals surface area contributed by atoms with E-state index in [1.807, 2.05) is 32.0 Å². The van der Waals surface area contributed by atoms with Gasteiger partial charge in [-0.15, -0.1) is 0 Å². The summed E-state index contributed by atoms with van der Waals surface area (Å²) in [4.78, 5) is 14.3. The lowest BCUT2D eigenvalue weighted by atomic mass is 9.86. The summed E-state index contributed by atoms with van der Waals surface area (Å²) in [5.41, 5.74) is 0.595. The minimum atomic E-state index is -0.503. The number of benzene rings is 1. The zero-order valence-corrected chi connectivity index (χ0v) is 12.2. The van der Waals surface area contributed by atoms with Gasteiger partial charge in [-0.3, -0.25) is 9.69 Å². The van der Waals surface area contributed by atoms with E-state index in [0.29, 0.717) is 0 Å². The molecule has 1 heterocycles. The van der Waals surface area contributed by atoms with Gasteiger partial charge in [0.2, 0.25) is 0 Å². The number of likely N-dealkylation sites (tertiary alicyclic amines) is 1. The van der Waals surface area contributed by atoms with Crippen molar-refractivity contribution in [2.45, 2.75) is 38.8 Å². The van der Waals surface area contributed by atoms with Gasteiger partial charge in [0.15, 0.2) is 5.60 Å². The largest absolute Gasteiger partial charge is 0.452 e. The van der Waals surface area contributed by atoms with E-state index in [2.05, 4.69) is 31.0 Å². The Hall–Kier alpha value is -1.35. The van der Waals surface area contributed by atoms with Gasteiger partial charge in [-0.05, 0) is 19.5 Å². The summed E-state index contributed by atoms with van der Waals surface area (Å²) in [6.07, 6.45) is 0.854. The molecule has 1 aromatic carbocycles. The van der Waals surface area contributed by atoms with E-state index in [1.165, 1.54) is 0 Å². The maximum Gasteiger partial charge on any atom is 0.309 e. The molecule has 0 N–H and O–H groups in total. The molecule has 3 nitrogen and oxygen atoms in total. The molecule has 0 radical (unpaired) electrons. The fourth-order valence-corrected chi connectivity index (χ4v) is 2.70. The van der Waals surface area contributed by atoms with Crippen LogP contribution >= 0.6 is 0 Å². The molecule has 0 saturated carbocycles. The van der Waals surface area contributed by atoms with Gasteiger partial charge in [0, 0.05) is 13.0 Å². The minimum absolute atomic E-state index is 0.0984.